The van der Waals surface area contributed by atoms with Crippen LogP contribution in [0.5, 0.6) is 0 Å². The number of nitro benzene ring substituents is 1. The van der Waals surface area contributed by atoms with Crippen LogP contribution in [0.25, 0.3) is 11.6 Å². The summed E-state index contributed by atoms with van der Waals surface area (Å²) >= 11 is 0. The van der Waals surface area contributed by atoms with Gasteiger partial charge in [0.2, 0.25) is 11.8 Å². The van der Waals surface area contributed by atoms with Crippen molar-refractivity contribution in [2.75, 3.05) is 25.2 Å². The van der Waals surface area contributed by atoms with Crippen molar-refractivity contribution in [3.05, 3.63) is 99.3 Å². The summed E-state index contributed by atoms with van der Waals surface area (Å²) in [5.41, 5.74) is 3.70. The quantitative estimate of drug-likeness (QED) is 0.157. The van der Waals surface area contributed by atoms with E-state index in [4.69, 9.17) is 13.9 Å². The van der Waals surface area contributed by atoms with Gasteiger partial charge in [-0.3, -0.25) is 24.7 Å². The molecule has 1 N–H and O–H groups in total. The molecule has 2 fully saturated rings. The number of aromatic nitrogens is 1. The highest BCUT2D eigenvalue weighted by molar-refractivity contribution is 6.22. The lowest BCUT2D eigenvalue weighted by molar-refractivity contribution is -0.384. The fraction of sp³-hybridized carbons (Fsp3) is 0.344. The van der Waals surface area contributed by atoms with Gasteiger partial charge in [0.25, 0.3) is 5.69 Å². The Bertz CT molecular complexity index is 1610. The van der Waals surface area contributed by atoms with Crippen LogP contribution in [0.4, 0.5) is 11.4 Å². The van der Waals surface area contributed by atoms with Crippen molar-refractivity contribution >= 4 is 34.8 Å². The van der Waals surface area contributed by atoms with Crippen molar-refractivity contribution in [2.45, 2.75) is 32.0 Å². The second kappa shape index (κ2) is 12.0. The minimum Gasteiger partial charge on any atom is -0.459 e. The predicted molar refractivity (Wildman–Crippen MR) is 155 cm³/mol. The van der Waals surface area contributed by atoms with Crippen LogP contribution in [0.2, 0.25) is 0 Å². The van der Waals surface area contributed by atoms with Crippen LogP contribution in [0, 0.1) is 27.9 Å². The molecule has 3 aromatic rings. The first kappa shape index (κ1) is 28.7. The number of hydrogen-bond donors (Lipinski definition) is 1. The average Bonchev–Trinajstić information content (AvgIpc) is 3.72. The number of fused-ring (bicyclic) bond motifs is 3. The van der Waals surface area contributed by atoms with Crippen LogP contribution in [0.15, 0.2) is 76.4 Å². The molecule has 1 aliphatic carbocycles. The number of benzene rings is 1. The van der Waals surface area contributed by atoms with Crippen molar-refractivity contribution in [1.82, 2.24) is 4.98 Å². The maximum absolute atomic E-state index is 13.8. The lowest BCUT2D eigenvalue weighted by Gasteiger charge is -2.31. The van der Waals surface area contributed by atoms with Gasteiger partial charge in [-0.25, -0.2) is 4.90 Å². The molecule has 11 nitrogen and oxygen atoms in total. The number of aliphatic hydroxyl groups is 1. The number of allylic oxidation sites excluding steroid dienone is 1. The number of nitrogens with zero attached hydrogens (tertiary/aromatic N) is 3. The molecule has 6 rings (SSSR count). The zero-order valence-corrected chi connectivity index (χ0v) is 23.5. The monoisotopic (exact) mass is 585 g/mol. The van der Waals surface area contributed by atoms with Crippen molar-refractivity contribution in [1.29, 1.82) is 0 Å². The Kier molecular flexibility index (Phi) is 8.02. The van der Waals surface area contributed by atoms with Crippen LogP contribution in [-0.4, -0.2) is 53.3 Å². The zero-order chi connectivity index (χ0) is 30.1. The highest BCUT2D eigenvalue weighted by atomic mass is 16.6. The van der Waals surface area contributed by atoms with E-state index in [1.165, 1.54) is 18.2 Å². The molecule has 0 spiro atoms. The first-order chi connectivity index (χ1) is 20.9. The summed E-state index contributed by atoms with van der Waals surface area (Å²) in [6.07, 6.45) is 4.90. The number of methoxy groups -OCH3 is 1. The van der Waals surface area contributed by atoms with Gasteiger partial charge in [0.1, 0.15) is 18.1 Å². The number of hydrogen-bond acceptors (Lipinski definition) is 9. The third-order valence-corrected chi connectivity index (χ3v) is 8.45. The maximum atomic E-state index is 13.8. The fourth-order valence-electron chi connectivity index (χ4n) is 6.62. The number of aliphatic hydroxyl groups excluding tert-OH is 1. The first-order valence-corrected chi connectivity index (χ1v) is 14.2. The van der Waals surface area contributed by atoms with Crippen LogP contribution in [-0.2, 0) is 25.7 Å². The van der Waals surface area contributed by atoms with Gasteiger partial charge in [-0.15, -0.1) is 0 Å². The van der Waals surface area contributed by atoms with Crippen molar-refractivity contribution in [3.8, 4) is 0 Å². The lowest BCUT2D eigenvalue weighted by atomic mass is 9.69. The van der Waals surface area contributed by atoms with Crippen molar-refractivity contribution in [3.63, 3.8) is 0 Å². The molecule has 43 heavy (non-hydrogen) atoms. The fourth-order valence-corrected chi connectivity index (χ4v) is 6.62. The number of nitro groups is 1. The van der Waals surface area contributed by atoms with Crippen LogP contribution in [0.1, 0.15) is 36.5 Å². The largest absolute Gasteiger partial charge is 0.459 e. The number of non-ortho nitro benzene ring substituents is 1. The molecule has 11 heteroatoms. The number of furan rings is 1. The van der Waals surface area contributed by atoms with Gasteiger partial charge < -0.3 is 19.0 Å². The topological polar surface area (TPSA) is 145 Å². The molecule has 2 aromatic heterocycles. The van der Waals surface area contributed by atoms with Gasteiger partial charge in [0.15, 0.2) is 0 Å². The Morgan fingerprint density at radius 3 is 2.74 bits per heavy atom. The molecule has 0 bridgehead atoms. The van der Waals surface area contributed by atoms with Gasteiger partial charge in [-0.2, -0.15) is 0 Å². The molecular formula is C32H31N3O8. The second-order valence-electron chi connectivity index (χ2n) is 10.9. The molecule has 2 saturated heterocycles. The summed E-state index contributed by atoms with van der Waals surface area (Å²) < 4.78 is 17.6. The molecule has 4 heterocycles. The van der Waals surface area contributed by atoms with E-state index in [1.54, 1.807) is 31.5 Å². The van der Waals surface area contributed by atoms with E-state index in [1.807, 2.05) is 24.3 Å². The van der Waals surface area contributed by atoms with E-state index >= 15 is 0 Å². The smallest absolute Gasteiger partial charge is 0.271 e. The van der Waals surface area contributed by atoms with Gasteiger partial charge >= 0.3 is 0 Å². The van der Waals surface area contributed by atoms with Crippen LogP contribution in [0.3, 0.4) is 0 Å². The number of carbonyl (C=O) groups excluding carboxylic acids is 2. The summed E-state index contributed by atoms with van der Waals surface area (Å²) in [6, 6.07) is 14.8. The van der Waals surface area contributed by atoms with E-state index in [0.717, 1.165) is 27.3 Å². The summed E-state index contributed by atoms with van der Waals surface area (Å²) in [7, 11) is 1.60. The molecule has 4 atom stereocenters. The summed E-state index contributed by atoms with van der Waals surface area (Å²) in [5.74, 6) is -1.14. The Morgan fingerprint density at radius 2 is 2.02 bits per heavy atom. The molecule has 3 aliphatic rings. The lowest BCUT2D eigenvalue weighted by Crippen LogP contribution is -2.35. The maximum Gasteiger partial charge on any atom is 0.271 e. The molecule has 1 aromatic carbocycles. The average molecular weight is 586 g/mol. The number of carbonyl (C=O) groups is 2. The minimum atomic E-state index is -0.613. The predicted octanol–water partition coefficient (Wildman–Crippen LogP) is 4.56. The zero-order valence-electron chi connectivity index (χ0n) is 23.5. The summed E-state index contributed by atoms with van der Waals surface area (Å²) in [6.45, 7) is 0.409. The summed E-state index contributed by atoms with van der Waals surface area (Å²) in [5, 5.41) is 20.8. The van der Waals surface area contributed by atoms with Gasteiger partial charge in [0.05, 0.1) is 47.5 Å². The molecule has 0 radical (unpaired) electrons. The Morgan fingerprint density at radius 1 is 1.16 bits per heavy atom. The van der Waals surface area contributed by atoms with Gasteiger partial charge in [-0.1, -0.05) is 12.1 Å². The Labute approximate surface area is 247 Å². The van der Waals surface area contributed by atoms with E-state index in [9.17, 15) is 24.8 Å². The molecule has 0 unspecified atom stereocenters. The van der Waals surface area contributed by atoms with Crippen molar-refractivity contribution in [2.24, 2.45) is 17.8 Å². The molecule has 222 valence electrons. The molecule has 0 saturated carbocycles. The van der Waals surface area contributed by atoms with E-state index < -0.39 is 16.8 Å². The number of anilines is 1. The number of imide groups is 1. The van der Waals surface area contributed by atoms with E-state index in [-0.39, 0.29) is 48.4 Å². The minimum absolute atomic E-state index is 0.185. The number of amides is 2. The Balaban J connectivity index is 1.27. The molecular weight excluding hydrogens is 554 g/mol. The molecule has 2 aliphatic heterocycles. The number of ether oxygens (including phenoxy) is 2. The number of pyridine rings is 1. The third-order valence-electron chi connectivity index (χ3n) is 8.45. The standard InChI is InChI=1S/C32H31N3O8/c1-41-17-20-14-25-30(32(38)34(31(25)37)21-5-4-6-22(15-21)35(39)40)26-18-42-28(29(20)26)11-8-19(27-7-2-3-12-33-27)13-23-9-10-24(16-36)43-23/h2-7,9-10,12-13,15,25-26,28,30,36H,8,11,14,16-18H2,1H3/b19-13-/t25-,26+,28-,30-/m1/s1. The second-order valence-corrected chi connectivity index (χ2v) is 10.9. The Hall–Kier alpha value is -4.45. The SMILES string of the molecule is COCC1=C2[C@@H](CC/C(=C/c3ccc(CO)o3)c3ccccn3)OC[C@@H]2[C@@H]2C(=O)N(c3cccc([N+](=O)[O-])c3)C(=O)[C@@H]2C1. The van der Waals surface area contributed by atoms with Crippen LogP contribution < -0.4 is 4.90 Å². The van der Waals surface area contributed by atoms with E-state index in [2.05, 4.69) is 4.98 Å². The third kappa shape index (κ3) is 5.42. The first-order valence-electron chi connectivity index (χ1n) is 14.2. The summed E-state index contributed by atoms with van der Waals surface area (Å²) in [4.78, 5) is 43.9. The molecule has 2 amide bonds. The van der Waals surface area contributed by atoms with Crippen LogP contribution >= 0.6 is 0 Å². The highest BCUT2D eigenvalue weighted by Crippen LogP contribution is 2.51. The van der Waals surface area contributed by atoms with Crippen molar-refractivity contribution < 1.29 is 33.5 Å². The number of rotatable bonds is 10. The normalized spacial score (nSPS) is 23.6. The van der Waals surface area contributed by atoms with E-state index in [0.29, 0.717) is 37.4 Å². The van der Waals surface area contributed by atoms with Gasteiger partial charge in [-0.05, 0) is 72.4 Å². The van der Waals surface area contributed by atoms with Gasteiger partial charge in [0, 0.05) is 31.4 Å². The highest BCUT2D eigenvalue weighted by Gasteiger charge is 2.57.